The van der Waals surface area contributed by atoms with Gasteiger partial charge < -0.3 is 0 Å². The van der Waals surface area contributed by atoms with Gasteiger partial charge in [0, 0.05) is 0 Å². The van der Waals surface area contributed by atoms with Gasteiger partial charge in [-0.15, -0.1) is 0 Å². The van der Waals surface area contributed by atoms with Crippen LogP contribution in [0.2, 0.25) is 0 Å². The molecule has 0 amide bonds. The van der Waals surface area contributed by atoms with Crippen LogP contribution in [0.5, 0.6) is 0 Å². The zero-order chi connectivity index (χ0) is 19.1. The van der Waals surface area contributed by atoms with Crippen molar-refractivity contribution in [3.05, 3.63) is 71.8 Å². The minimum atomic E-state index is -4.88. The fraction of sp³-hybridized carbons (Fsp3) is 0.455. The van der Waals surface area contributed by atoms with Gasteiger partial charge in [0.1, 0.15) is 0 Å². The summed E-state index contributed by atoms with van der Waals surface area (Å²) in [6.07, 6.45) is 4.71. The molecule has 1 atom stereocenters. The van der Waals surface area contributed by atoms with Gasteiger partial charge in [0.15, 0.2) is 0 Å². The van der Waals surface area contributed by atoms with Gasteiger partial charge in [0.2, 0.25) is 0 Å². The van der Waals surface area contributed by atoms with Crippen LogP contribution in [-0.4, -0.2) is 14.7 Å². The van der Waals surface area contributed by atoms with Crippen molar-refractivity contribution in [2.75, 3.05) is 0 Å². The molecule has 2 rings (SSSR count). The van der Waals surface area contributed by atoms with Crippen LogP contribution in [0.25, 0.3) is 0 Å². The van der Waals surface area contributed by atoms with Gasteiger partial charge in [-0.1, -0.05) is 0 Å². The third-order valence-corrected chi connectivity index (χ3v) is 7.72. The molecule has 2 aromatic carbocycles. The first-order valence-corrected chi connectivity index (χ1v) is 12.0. The Morgan fingerprint density at radius 2 is 1.27 bits per heavy atom. The SMILES string of the molecule is CC(C)CCCCCC(c1ccccc1)P(O)(O)(O)Cc1ccccc1. The van der Waals surface area contributed by atoms with E-state index in [9.17, 15) is 14.7 Å². The second kappa shape index (κ2) is 9.10. The fourth-order valence-corrected chi connectivity index (χ4v) is 6.15. The first-order chi connectivity index (χ1) is 12.3. The number of hydrogen-bond acceptors (Lipinski definition) is 3. The van der Waals surface area contributed by atoms with Crippen LogP contribution in [0, 0.1) is 5.92 Å². The van der Waals surface area contributed by atoms with Crippen LogP contribution in [-0.2, 0) is 6.16 Å². The molecule has 0 aliphatic heterocycles. The zero-order valence-corrected chi connectivity index (χ0v) is 16.9. The molecule has 0 spiro atoms. The van der Waals surface area contributed by atoms with Gasteiger partial charge >= 0.3 is 157 Å². The van der Waals surface area contributed by atoms with Gasteiger partial charge in [0.05, 0.1) is 0 Å². The Morgan fingerprint density at radius 1 is 0.731 bits per heavy atom. The predicted octanol–water partition coefficient (Wildman–Crippen LogP) is 5.81. The van der Waals surface area contributed by atoms with Gasteiger partial charge in [-0.2, -0.15) is 0 Å². The number of rotatable bonds is 10. The molecule has 3 nitrogen and oxygen atoms in total. The second-order valence-electron chi connectivity index (χ2n) is 7.82. The summed E-state index contributed by atoms with van der Waals surface area (Å²) in [6, 6.07) is 18.7. The van der Waals surface area contributed by atoms with E-state index in [4.69, 9.17) is 0 Å². The molecular weight excluding hydrogens is 343 g/mol. The predicted molar refractivity (Wildman–Crippen MR) is 111 cm³/mol. The Balaban J connectivity index is 2.16. The Bertz CT molecular complexity index is 647. The third kappa shape index (κ3) is 6.48. The van der Waals surface area contributed by atoms with E-state index in [0.717, 1.165) is 30.4 Å². The van der Waals surface area contributed by atoms with Gasteiger partial charge in [-0.25, -0.2) is 0 Å². The average molecular weight is 376 g/mol. The van der Waals surface area contributed by atoms with E-state index in [2.05, 4.69) is 13.8 Å². The molecule has 0 aliphatic carbocycles. The first kappa shape index (κ1) is 21.1. The summed E-state index contributed by atoms with van der Waals surface area (Å²) in [5.41, 5.74) is 0.914. The Hall–Kier alpha value is -1.25. The van der Waals surface area contributed by atoms with E-state index in [1.54, 1.807) is 0 Å². The molecule has 0 saturated heterocycles. The van der Waals surface area contributed by atoms with Crippen LogP contribution in [0.3, 0.4) is 0 Å². The number of unbranched alkanes of at least 4 members (excludes halogenated alkanes) is 2. The fourth-order valence-electron chi connectivity index (χ4n) is 3.52. The van der Waals surface area contributed by atoms with Crippen LogP contribution in [0.4, 0.5) is 0 Å². The van der Waals surface area contributed by atoms with Crippen LogP contribution < -0.4 is 0 Å². The van der Waals surface area contributed by atoms with Crippen molar-refractivity contribution in [2.24, 2.45) is 5.92 Å². The molecule has 1 unspecified atom stereocenters. The van der Waals surface area contributed by atoms with Crippen molar-refractivity contribution in [1.29, 1.82) is 0 Å². The molecule has 26 heavy (non-hydrogen) atoms. The zero-order valence-electron chi connectivity index (χ0n) is 16.0. The summed E-state index contributed by atoms with van der Waals surface area (Å²) in [5.74, 6) is 0.686. The third-order valence-electron chi connectivity index (χ3n) is 4.91. The summed E-state index contributed by atoms with van der Waals surface area (Å²) in [4.78, 5) is 33.1. The number of benzene rings is 2. The van der Waals surface area contributed by atoms with E-state index in [-0.39, 0.29) is 6.16 Å². The average Bonchev–Trinajstić information content (AvgIpc) is 2.58. The standard InChI is InChI=1S/C22H33O3P/c1-19(2)12-6-3-11-17-22(21-15-9-5-10-16-21)26(23,24,25)18-20-13-7-4-8-14-20/h4-5,7-10,13-16,19,22-25H,3,6,11-12,17-18H2,1-2H3. The molecule has 0 heterocycles. The van der Waals surface area contributed by atoms with Gasteiger partial charge in [0.25, 0.3) is 0 Å². The van der Waals surface area contributed by atoms with E-state index in [1.165, 1.54) is 6.42 Å². The second-order valence-corrected chi connectivity index (χ2v) is 11.2. The topological polar surface area (TPSA) is 60.7 Å². The molecule has 0 bridgehead atoms. The monoisotopic (exact) mass is 376 g/mol. The number of hydrogen-bond donors (Lipinski definition) is 3. The summed E-state index contributed by atoms with van der Waals surface area (Å²) in [7, 11) is -4.88. The molecular formula is C22H33O3P. The maximum absolute atomic E-state index is 11.0. The van der Waals surface area contributed by atoms with Crippen molar-refractivity contribution in [2.45, 2.75) is 57.8 Å². The maximum atomic E-state index is 11.0. The van der Waals surface area contributed by atoms with Gasteiger partial charge in [-0.3, -0.25) is 0 Å². The Morgan fingerprint density at radius 3 is 1.85 bits per heavy atom. The summed E-state index contributed by atoms with van der Waals surface area (Å²) >= 11 is 0. The van der Waals surface area contributed by atoms with Crippen molar-refractivity contribution in [1.82, 2.24) is 0 Å². The summed E-state index contributed by atoms with van der Waals surface area (Å²) < 4.78 is 0. The van der Waals surface area contributed by atoms with Crippen LogP contribution >= 0.6 is 7.28 Å². The molecule has 144 valence electrons. The molecule has 0 aliphatic rings. The van der Waals surface area contributed by atoms with Crippen LogP contribution in [0.1, 0.15) is 62.7 Å². The minimum absolute atomic E-state index is 0.0992. The summed E-state index contributed by atoms with van der Waals surface area (Å²) in [5, 5.41) is 0. The van der Waals surface area contributed by atoms with E-state index in [1.807, 2.05) is 60.7 Å². The van der Waals surface area contributed by atoms with Gasteiger partial charge in [-0.05, 0) is 0 Å². The summed E-state index contributed by atoms with van der Waals surface area (Å²) in [6.45, 7) is 4.43. The van der Waals surface area contributed by atoms with Crippen molar-refractivity contribution < 1.29 is 14.7 Å². The molecule has 0 radical (unpaired) electrons. The normalized spacial score (nSPS) is 14.8. The molecule has 4 heteroatoms. The van der Waals surface area contributed by atoms with E-state index >= 15 is 0 Å². The van der Waals surface area contributed by atoms with Crippen LogP contribution in [0.15, 0.2) is 60.7 Å². The molecule has 2 aromatic rings. The Labute approximate surface area is 157 Å². The first-order valence-electron chi connectivity index (χ1n) is 9.61. The Kier molecular flexibility index (Phi) is 7.37. The van der Waals surface area contributed by atoms with E-state index < -0.39 is 12.9 Å². The van der Waals surface area contributed by atoms with Crippen molar-refractivity contribution >= 4 is 7.28 Å². The van der Waals surface area contributed by atoms with Crippen molar-refractivity contribution in [3.63, 3.8) is 0 Å². The molecule has 0 saturated carbocycles. The quantitative estimate of drug-likeness (QED) is 0.362. The molecule has 3 N–H and O–H groups in total. The molecule has 0 aromatic heterocycles. The van der Waals surface area contributed by atoms with E-state index in [0.29, 0.717) is 12.3 Å². The van der Waals surface area contributed by atoms with Crippen molar-refractivity contribution in [3.8, 4) is 0 Å². The molecule has 0 fully saturated rings.